The molecule has 1 aliphatic rings. The average molecular weight is 343 g/mol. The van der Waals surface area contributed by atoms with Crippen LogP contribution in [0.1, 0.15) is 57.2 Å². The molecule has 20 heavy (non-hydrogen) atoms. The van der Waals surface area contributed by atoms with Gasteiger partial charge < -0.3 is 10.6 Å². The van der Waals surface area contributed by atoms with E-state index in [1.54, 1.807) is 0 Å². The highest BCUT2D eigenvalue weighted by molar-refractivity contribution is 9.10. The Morgan fingerprint density at radius 2 is 2.05 bits per heavy atom. The number of hydrogen-bond donors (Lipinski definition) is 1. The summed E-state index contributed by atoms with van der Waals surface area (Å²) in [7, 11) is 4.33. The lowest BCUT2D eigenvalue weighted by atomic mass is 9.74. The van der Waals surface area contributed by atoms with Gasteiger partial charge >= 0.3 is 0 Å². The van der Waals surface area contributed by atoms with E-state index >= 15 is 0 Å². The summed E-state index contributed by atoms with van der Waals surface area (Å²) < 4.78 is 3.12. The number of hydrogen-bond acceptors (Lipinski definition) is 3. The third-order valence-corrected chi connectivity index (χ3v) is 5.36. The van der Waals surface area contributed by atoms with Gasteiger partial charge in [-0.2, -0.15) is 5.10 Å². The van der Waals surface area contributed by atoms with Crippen LogP contribution in [0.3, 0.4) is 0 Å². The second kappa shape index (κ2) is 6.58. The van der Waals surface area contributed by atoms with Crippen molar-refractivity contribution in [3.63, 3.8) is 0 Å². The van der Waals surface area contributed by atoms with E-state index in [1.165, 1.54) is 32.1 Å². The van der Waals surface area contributed by atoms with E-state index in [2.05, 4.69) is 51.6 Å². The van der Waals surface area contributed by atoms with Gasteiger partial charge in [-0.3, -0.25) is 4.68 Å². The van der Waals surface area contributed by atoms with Crippen molar-refractivity contribution >= 4 is 15.9 Å². The number of aryl methyl sites for hydroxylation is 1. The molecule has 1 fully saturated rings. The molecule has 1 saturated carbocycles. The zero-order chi connectivity index (χ0) is 14.8. The number of halogens is 1. The van der Waals surface area contributed by atoms with Crippen LogP contribution in [0.5, 0.6) is 0 Å². The van der Waals surface area contributed by atoms with E-state index in [9.17, 15) is 0 Å². The Hall–Kier alpha value is -0.390. The van der Waals surface area contributed by atoms with Gasteiger partial charge in [-0.25, -0.2) is 0 Å². The van der Waals surface area contributed by atoms with Gasteiger partial charge in [0.2, 0.25) is 0 Å². The van der Waals surface area contributed by atoms with E-state index in [0.717, 1.165) is 23.1 Å². The molecule has 0 spiro atoms. The molecular weight excluding hydrogens is 316 g/mol. The van der Waals surface area contributed by atoms with E-state index in [-0.39, 0.29) is 11.6 Å². The van der Waals surface area contributed by atoms with Crippen molar-refractivity contribution in [2.24, 2.45) is 5.73 Å². The van der Waals surface area contributed by atoms with Crippen molar-refractivity contribution in [3.05, 3.63) is 16.4 Å². The molecule has 2 N–H and O–H groups in total. The topological polar surface area (TPSA) is 47.1 Å². The minimum absolute atomic E-state index is 0.00113. The molecule has 114 valence electrons. The Bertz CT molecular complexity index is 435. The van der Waals surface area contributed by atoms with Crippen molar-refractivity contribution in [2.45, 2.75) is 63.6 Å². The second-order valence-corrected chi connectivity index (χ2v) is 6.99. The Morgan fingerprint density at radius 3 is 2.60 bits per heavy atom. The molecule has 1 aromatic rings. The van der Waals surface area contributed by atoms with E-state index in [0.29, 0.717) is 0 Å². The van der Waals surface area contributed by atoms with Gasteiger partial charge in [-0.15, -0.1) is 0 Å². The molecule has 2 rings (SSSR count). The van der Waals surface area contributed by atoms with Crippen LogP contribution >= 0.6 is 15.9 Å². The first kappa shape index (κ1) is 16.0. The molecule has 5 heteroatoms. The number of nitrogens with zero attached hydrogens (tertiary/aromatic N) is 3. The molecule has 0 radical (unpaired) electrons. The summed E-state index contributed by atoms with van der Waals surface area (Å²) >= 11 is 3.65. The molecular formula is C15H27BrN4. The first-order valence-corrected chi connectivity index (χ1v) is 8.46. The average Bonchev–Trinajstić information content (AvgIpc) is 2.80. The van der Waals surface area contributed by atoms with Gasteiger partial charge in [-0.05, 0) is 49.3 Å². The summed E-state index contributed by atoms with van der Waals surface area (Å²) in [5.74, 6) is 0. The number of nitrogens with two attached hydrogens (primary N) is 1. The quantitative estimate of drug-likeness (QED) is 0.892. The van der Waals surface area contributed by atoms with Crippen molar-refractivity contribution in [1.82, 2.24) is 14.7 Å². The van der Waals surface area contributed by atoms with Crippen LogP contribution in [0.15, 0.2) is 10.7 Å². The molecule has 0 bridgehead atoms. The monoisotopic (exact) mass is 342 g/mol. The molecule has 1 aliphatic carbocycles. The van der Waals surface area contributed by atoms with Crippen LogP contribution in [-0.4, -0.2) is 34.3 Å². The van der Waals surface area contributed by atoms with Crippen LogP contribution in [0.25, 0.3) is 0 Å². The lowest BCUT2D eigenvalue weighted by Gasteiger charge is -2.47. The molecule has 0 saturated heterocycles. The summed E-state index contributed by atoms with van der Waals surface area (Å²) in [5.41, 5.74) is 7.97. The van der Waals surface area contributed by atoms with Crippen molar-refractivity contribution in [1.29, 1.82) is 0 Å². The number of rotatable bonds is 5. The van der Waals surface area contributed by atoms with E-state index in [4.69, 9.17) is 5.73 Å². The summed E-state index contributed by atoms with van der Waals surface area (Å²) in [6.07, 6.45) is 9.17. The van der Waals surface area contributed by atoms with Gasteiger partial charge in [0.1, 0.15) is 0 Å². The van der Waals surface area contributed by atoms with Gasteiger partial charge in [0.05, 0.1) is 22.4 Å². The fourth-order valence-electron chi connectivity index (χ4n) is 3.53. The Balaban J connectivity index is 2.37. The van der Waals surface area contributed by atoms with Gasteiger partial charge in [0.25, 0.3) is 0 Å². The molecule has 4 nitrogen and oxygen atoms in total. The maximum atomic E-state index is 6.75. The van der Waals surface area contributed by atoms with Crippen LogP contribution in [-0.2, 0) is 6.54 Å². The molecule has 1 atom stereocenters. The summed E-state index contributed by atoms with van der Waals surface area (Å²) in [4.78, 5) is 2.34. The minimum atomic E-state index is 0.00113. The SMILES string of the molecule is CCCn1ncc(Br)c1C(N)C1(N(C)C)CCCCC1. The lowest BCUT2D eigenvalue weighted by Crippen LogP contribution is -2.54. The molecule has 1 heterocycles. The van der Waals surface area contributed by atoms with Crippen molar-refractivity contribution in [2.75, 3.05) is 14.1 Å². The van der Waals surface area contributed by atoms with Crippen LogP contribution in [0.4, 0.5) is 0 Å². The maximum absolute atomic E-state index is 6.75. The van der Waals surface area contributed by atoms with E-state index in [1.807, 2.05) is 6.20 Å². The largest absolute Gasteiger partial charge is 0.321 e. The van der Waals surface area contributed by atoms with Crippen LogP contribution in [0.2, 0.25) is 0 Å². The summed E-state index contributed by atoms with van der Waals surface area (Å²) in [5, 5.41) is 4.48. The summed E-state index contributed by atoms with van der Waals surface area (Å²) in [6.45, 7) is 3.10. The van der Waals surface area contributed by atoms with Gasteiger partial charge in [-0.1, -0.05) is 26.2 Å². The molecule has 0 amide bonds. The first-order valence-electron chi connectivity index (χ1n) is 7.67. The third-order valence-electron chi connectivity index (χ3n) is 4.75. The smallest absolute Gasteiger partial charge is 0.0712 e. The maximum Gasteiger partial charge on any atom is 0.0712 e. The fraction of sp³-hybridized carbons (Fsp3) is 0.800. The van der Waals surface area contributed by atoms with E-state index < -0.39 is 0 Å². The van der Waals surface area contributed by atoms with Crippen LogP contribution < -0.4 is 5.73 Å². The third kappa shape index (κ3) is 2.81. The van der Waals surface area contributed by atoms with Gasteiger partial charge in [0.15, 0.2) is 0 Å². The standard InChI is InChI=1S/C15H27BrN4/c1-4-10-20-13(12(16)11-18-20)14(17)15(19(2)3)8-6-5-7-9-15/h11,14H,4-10,17H2,1-3H3. The van der Waals surface area contributed by atoms with Crippen molar-refractivity contribution < 1.29 is 0 Å². The zero-order valence-electron chi connectivity index (χ0n) is 12.9. The number of aromatic nitrogens is 2. The van der Waals surface area contributed by atoms with Gasteiger partial charge in [0, 0.05) is 12.1 Å². The Labute approximate surface area is 130 Å². The normalized spacial score (nSPS) is 20.3. The Morgan fingerprint density at radius 1 is 1.40 bits per heavy atom. The minimum Gasteiger partial charge on any atom is -0.321 e. The summed E-state index contributed by atoms with van der Waals surface area (Å²) in [6, 6.07) is 0.00113. The van der Waals surface area contributed by atoms with Crippen LogP contribution in [0, 0.1) is 0 Å². The highest BCUT2D eigenvalue weighted by atomic mass is 79.9. The highest BCUT2D eigenvalue weighted by Crippen LogP contribution is 2.42. The predicted molar refractivity (Wildman–Crippen MR) is 86.6 cm³/mol. The zero-order valence-corrected chi connectivity index (χ0v) is 14.5. The number of likely N-dealkylation sites (N-methyl/N-ethyl adjacent to an activating group) is 1. The second-order valence-electron chi connectivity index (χ2n) is 6.14. The molecule has 1 aromatic heterocycles. The molecule has 0 aliphatic heterocycles. The molecule has 0 aromatic carbocycles. The first-order chi connectivity index (χ1) is 9.53. The van der Waals surface area contributed by atoms with Crippen molar-refractivity contribution in [3.8, 4) is 0 Å². The lowest BCUT2D eigenvalue weighted by molar-refractivity contribution is 0.0679. The molecule has 1 unspecified atom stereocenters. The highest BCUT2D eigenvalue weighted by Gasteiger charge is 2.42. The fourth-order valence-corrected chi connectivity index (χ4v) is 4.07. The Kier molecular flexibility index (Phi) is 5.26. The predicted octanol–water partition coefficient (Wildman–Crippen LogP) is 3.32.